The molecule has 0 aromatic rings. The van der Waals surface area contributed by atoms with Gasteiger partial charge in [0.15, 0.2) is 6.10 Å². The van der Waals surface area contributed by atoms with Crippen LogP contribution in [-0.4, -0.2) is 37.2 Å². The van der Waals surface area contributed by atoms with Crippen molar-refractivity contribution in [3.63, 3.8) is 0 Å². The average Bonchev–Trinajstić information content (AvgIpc) is 3.45. The molecule has 0 aliphatic carbocycles. The van der Waals surface area contributed by atoms with E-state index in [-0.39, 0.29) is 31.1 Å². The van der Waals surface area contributed by atoms with E-state index in [1.807, 2.05) is 0 Å². The van der Waals surface area contributed by atoms with E-state index in [0.29, 0.717) is 19.3 Å². The van der Waals surface area contributed by atoms with E-state index in [0.717, 1.165) is 116 Å². The molecule has 79 heavy (non-hydrogen) atoms. The van der Waals surface area contributed by atoms with Gasteiger partial charge in [-0.1, -0.05) is 304 Å². The molecule has 1 unspecified atom stereocenters. The summed E-state index contributed by atoms with van der Waals surface area (Å²) >= 11 is 0. The number of carbonyl (C=O) groups is 3. The molecular formula is C73H126O6. The summed E-state index contributed by atoms with van der Waals surface area (Å²) in [5, 5.41) is 0. The minimum absolute atomic E-state index is 0.0802. The average molecular weight is 1100 g/mol. The van der Waals surface area contributed by atoms with E-state index >= 15 is 0 Å². The topological polar surface area (TPSA) is 78.9 Å². The number of rotatable bonds is 61. The Morgan fingerprint density at radius 2 is 0.494 bits per heavy atom. The maximum atomic E-state index is 12.9. The van der Waals surface area contributed by atoms with Gasteiger partial charge >= 0.3 is 17.9 Å². The number of esters is 3. The molecule has 6 heteroatoms. The monoisotopic (exact) mass is 1100 g/mol. The van der Waals surface area contributed by atoms with Crippen LogP contribution in [-0.2, 0) is 28.6 Å². The van der Waals surface area contributed by atoms with Crippen LogP contribution in [0.1, 0.15) is 329 Å². The summed E-state index contributed by atoms with van der Waals surface area (Å²) in [5.41, 5.74) is 0. The molecule has 0 aliphatic heterocycles. The molecule has 0 radical (unpaired) electrons. The number of allylic oxidation sites excluding steroid dienone is 16. The Hall–Kier alpha value is -3.67. The summed E-state index contributed by atoms with van der Waals surface area (Å²) in [6.07, 6.45) is 89.8. The fraction of sp³-hybridized carbons (Fsp3) is 0.740. The van der Waals surface area contributed by atoms with Crippen molar-refractivity contribution in [2.45, 2.75) is 335 Å². The van der Waals surface area contributed by atoms with Crippen LogP contribution in [0.3, 0.4) is 0 Å². The van der Waals surface area contributed by atoms with Gasteiger partial charge in [0.1, 0.15) is 13.2 Å². The third kappa shape index (κ3) is 65.0. The molecule has 0 rings (SSSR count). The Morgan fingerprint density at radius 1 is 0.266 bits per heavy atom. The molecule has 0 amide bonds. The lowest BCUT2D eigenvalue weighted by Gasteiger charge is -2.18. The van der Waals surface area contributed by atoms with Crippen LogP contribution in [0.5, 0.6) is 0 Å². The third-order valence-corrected chi connectivity index (χ3v) is 14.6. The highest BCUT2D eigenvalue weighted by molar-refractivity contribution is 5.71. The molecule has 0 saturated carbocycles. The van der Waals surface area contributed by atoms with Crippen molar-refractivity contribution in [1.29, 1.82) is 0 Å². The summed E-state index contributed by atoms with van der Waals surface area (Å²) < 4.78 is 17.0. The molecule has 454 valence electrons. The number of unbranched alkanes of at least 4 members (excludes halogenated alkanes) is 34. The van der Waals surface area contributed by atoms with Gasteiger partial charge in [0.05, 0.1) is 0 Å². The highest BCUT2D eigenvalue weighted by atomic mass is 16.6. The van der Waals surface area contributed by atoms with Crippen molar-refractivity contribution >= 4 is 17.9 Å². The second kappa shape index (κ2) is 66.8. The normalized spacial score (nSPS) is 12.7. The maximum Gasteiger partial charge on any atom is 0.306 e. The van der Waals surface area contributed by atoms with Gasteiger partial charge in [-0.05, 0) is 103 Å². The molecule has 0 saturated heterocycles. The number of hydrogen-bond donors (Lipinski definition) is 0. The Labute approximate surface area is 489 Å². The predicted octanol–water partition coefficient (Wildman–Crippen LogP) is 23.2. The van der Waals surface area contributed by atoms with Crippen molar-refractivity contribution in [3.05, 3.63) is 97.2 Å². The summed E-state index contributed by atoms with van der Waals surface area (Å²) in [7, 11) is 0. The zero-order valence-corrected chi connectivity index (χ0v) is 52.1. The first-order chi connectivity index (χ1) is 39.0. The first kappa shape index (κ1) is 75.3. The van der Waals surface area contributed by atoms with Gasteiger partial charge in [-0.15, -0.1) is 0 Å². The van der Waals surface area contributed by atoms with Crippen LogP contribution in [0.15, 0.2) is 97.2 Å². The van der Waals surface area contributed by atoms with Gasteiger partial charge < -0.3 is 14.2 Å². The fourth-order valence-corrected chi connectivity index (χ4v) is 9.54. The zero-order valence-electron chi connectivity index (χ0n) is 52.1. The molecule has 0 N–H and O–H groups in total. The standard InChI is InChI=1S/C73H126O6/c1-4-7-10-13-16-19-22-25-28-31-32-33-34-35-36-37-38-39-40-43-45-48-51-54-57-60-63-66-72(75)78-69-70(79-73(76)67-64-61-58-55-52-49-46-42-30-27-24-21-18-15-12-9-6-3)68-77-71(74)65-62-59-56-53-50-47-44-41-29-26-23-20-17-14-11-8-5-2/h7,10,16,18-19,21,25,27-28,30,32-33,35-36,38-39,70H,4-6,8-9,11-15,17,20,22-24,26,29,31,34,37,40-69H2,1-3H3/b10-7-,19-16-,21-18-,28-25-,30-27-,33-32-,36-35-,39-38-. The minimum Gasteiger partial charge on any atom is -0.462 e. The summed E-state index contributed by atoms with van der Waals surface area (Å²) in [5.74, 6) is -0.882. The number of ether oxygens (including phenoxy) is 3. The predicted molar refractivity (Wildman–Crippen MR) is 344 cm³/mol. The molecule has 0 bridgehead atoms. The van der Waals surface area contributed by atoms with Crippen LogP contribution in [0.2, 0.25) is 0 Å². The Bertz CT molecular complexity index is 1540. The second-order valence-corrected chi connectivity index (χ2v) is 22.4. The maximum absolute atomic E-state index is 12.9. The number of hydrogen-bond acceptors (Lipinski definition) is 6. The molecule has 0 fully saturated rings. The molecule has 0 aliphatic rings. The van der Waals surface area contributed by atoms with Crippen molar-refractivity contribution in [2.75, 3.05) is 13.2 Å². The van der Waals surface area contributed by atoms with Crippen LogP contribution in [0, 0.1) is 0 Å². The highest BCUT2D eigenvalue weighted by Crippen LogP contribution is 2.17. The van der Waals surface area contributed by atoms with Gasteiger partial charge in [0.2, 0.25) is 0 Å². The summed E-state index contributed by atoms with van der Waals surface area (Å²) in [4.78, 5) is 38.4. The first-order valence-corrected chi connectivity index (χ1v) is 33.7. The summed E-state index contributed by atoms with van der Waals surface area (Å²) in [6.45, 7) is 6.53. The van der Waals surface area contributed by atoms with E-state index in [9.17, 15) is 14.4 Å². The Morgan fingerprint density at radius 3 is 0.797 bits per heavy atom. The van der Waals surface area contributed by atoms with Crippen LogP contribution in [0.25, 0.3) is 0 Å². The number of carbonyl (C=O) groups excluding carboxylic acids is 3. The second-order valence-electron chi connectivity index (χ2n) is 22.4. The molecule has 0 aromatic heterocycles. The zero-order chi connectivity index (χ0) is 57.1. The lowest BCUT2D eigenvalue weighted by atomic mass is 10.0. The largest absolute Gasteiger partial charge is 0.462 e. The van der Waals surface area contributed by atoms with Crippen molar-refractivity contribution < 1.29 is 28.6 Å². The molecule has 6 nitrogen and oxygen atoms in total. The smallest absolute Gasteiger partial charge is 0.306 e. The van der Waals surface area contributed by atoms with Crippen molar-refractivity contribution in [3.8, 4) is 0 Å². The summed E-state index contributed by atoms with van der Waals surface area (Å²) in [6, 6.07) is 0. The van der Waals surface area contributed by atoms with Crippen molar-refractivity contribution in [2.24, 2.45) is 0 Å². The highest BCUT2D eigenvalue weighted by Gasteiger charge is 2.19. The lowest BCUT2D eigenvalue weighted by molar-refractivity contribution is -0.167. The molecular weight excluding hydrogens is 973 g/mol. The molecule has 0 aromatic carbocycles. The lowest BCUT2D eigenvalue weighted by Crippen LogP contribution is -2.30. The van der Waals surface area contributed by atoms with Gasteiger partial charge in [0, 0.05) is 19.3 Å². The van der Waals surface area contributed by atoms with Crippen LogP contribution >= 0.6 is 0 Å². The molecule has 0 heterocycles. The SMILES string of the molecule is CC/C=C\C/C=C\C/C=C\C/C=C\C/C=C\C/C=C\CCCCCCCCCCC(=O)OCC(COC(=O)CCCCCCCCCCCCCCCCCCC)OC(=O)CCCCCCCCC/C=C\C/C=C\CCCCC. The van der Waals surface area contributed by atoms with E-state index in [1.165, 1.54) is 173 Å². The van der Waals surface area contributed by atoms with E-state index in [4.69, 9.17) is 14.2 Å². The van der Waals surface area contributed by atoms with Gasteiger partial charge in [-0.25, -0.2) is 0 Å². The molecule has 1 atom stereocenters. The van der Waals surface area contributed by atoms with Crippen LogP contribution in [0.4, 0.5) is 0 Å². The fourth-order valence-electron chi connectivity index (χ4n) is 9.54. The van der Waals surface area contributed by atoms with Crippen molar-refractivity contribution in [1.82, 2.24) is 0 Å². The van der Waals surface area contributed by atoms with E-state index in [1.54, 1.807) is 0 Å². The minimum atomic E-state index is -0.786. The van der Waals surface area contributed by atoms with E-state index in [2.05, 4.69) is 118 Å². The van der Waals surface area contributed by atoms with Crippen LogP contribution < -0.4 is 0 Å². The Balaban J connectivity index is 4.36. The van der Waals surface area contributed by atoms with E-state index < -0.39 is 6.10 Å². The first-order valence-electron chi connectivity index (χ1n) is 33.7. The van der Waals surface area contributed by atoms with Gasteiger partial charge in [0.25, 0.3) is 0 Å². The van der Waals surface area contributed by atoms with Gasteiger partial charge in [-0.3, -0.25) is 14.4 Å². The molecule has 0 spiro atoms. The third-order valence-electron chi connectivity index (χ3n) is 14.6. The quantitative estimate of drug-likeness (QED) is 0.0261. The Kier molecular flexibility index (Phi) is 63.7. The van der Waals surface area contributed by atoms with Gasteiger partial charge in [-0.2, -0.15) is 0 Å².